The van der Waals surface area contributed by atoms with Gasteiger partial charge in [0.15, 0.2) is 5.01 Å². The van der Waals surface area contributed by atoms with E-state index in [1.807, 2.05) is 6.07 Å². The molecule has 188 valence electrons. The largest absolute Gasteiger partial charge is 0.351 e. The van der Waals surface area contributed by atoms with Crippen LogP contribution in [0.1, 0.15) is 50.1 Å². The highest BCUT2D eigenvalue weighted by molar-refractivity contribution is 7.13. The number of H-pyrrole nitrogens is 1. The highest BCUT2D eigenvalue weighted by atomic mass is 35.5. The highest BCUT2D eigenvalue weighted by Gasteiger charge is 2.34. The van der Waals surface area contributed by atoms with E-state index in [0.29, 0.717) is 35.1 Å². The number of thiazole rings is 1. The van der Waals surface area contributed by atoms with Crippen molar-refractivity contribution >= 4 is 45.7 Å². The van der Waals surface area contributed by atoms with Gasteiger partial charge in [0.25, 0.3) is 11.8 Å². The van der Waals surface area contributed by atoms with Gasteiger partial charge < -0.3 is 20.5 Å². The zero-order valence-corrected chi connectivity index (χ0v) is 21.4. The second-order valence-electron chi connectivity index (χ2n) is 9.54. The zero-order valence-electron chi connectivity index (χ0n) is 19.8. The van der Waals surface area contributed by atoms with E-state index in [1.165, 1.54) is 11.3 Å². The van der Waals surface area contributed by atoms with Crippen LogP contribution in [0.15, 0.2) is 29.4 Å². The van der Waals surface area contributed by atoms with Crippen molar-refractivity contribution < 1.29 is 9.59 Å². The van der Waals surface area contributed by atoms with Gasteiger partial charge in [-0.15, -0.1) is 11.3 Å². The maximum Gasteiger partial charge on any atom is 0.280 e. The molecule has 1 aliphatic carbocycles. The predicted octanol–water partition coefficient (Wildman–Crippen LogP) is 4.27. The Morgan fingerprint density at radius 3 is 2.94 bits per heavy atom. The first-order valence-electron chi connectivity index (χ1n) is 12.0. The van der Waals surface area contributed by atoms with Gasteiger partial charge in [0.05, 0.1) is 5.69 Å². The van der Waals surface area contributed by atoms with Gasteiger partial charge in [-0.2, -0.15) is 0 Å². The summed E-state index contributed by atoms with van der Waals surface area (Å²) in [5.41, 5.74) is 11.0. The summed E-state index contributed by atoms with van der Waals surface area (Å²) >= 11 is 7.51. The Balaban J connectivity index is 1.32. The SMILES string of the molecule is CN1CCc2nc(C(=O)N[C@H]3C[C@H](CN=[N+]=[N-])CC[C@H]3NC(=O)c3cc4cc(Cl)ccc4[nH]3)sc2C1. The van der Waals surface area contributed by atoms with Crippen LogP contribution in [0.4, 0.5) is 0 Å². The molecule has 0 saturated heterocycles. The molecular formula is C24H27ClN8O2S. The minimum Gasteiger partial charge on any atom is -0.351 e. The second kappa shape index (κ2) is 10.5. The fourth-order valence-electron chi connectivity index (χ4n) is 5.03. The van der Waals surface area contributed by atoms with Gasteiger partial charge in [-0.05, 0) is 62.0 Å². The number of azide groups is 1. The van der Waals surface area contributed by atoms with Crippen molar-refractivity contribution in [1.82, 2.24) is 25.5 Å². The molecule has 10 nitrogen and oxygen atoms in total. The smallest absolute Gasteiger partial charge is 0.280 e. The lowest BCUT2D eigenvalue weighted by atomic mass is 9.82. The number of amides is 2. The first kappa shape index (κ1) is 24.6. The monoisotopic (exact) mass is 526 g/mol. The van der Waals surface area contributed by atoms with Crippen LogP contribution in [0, 0.1) is 5.92 Å². The van der Waals surface area contributed by atoms with E-state index in [0.717, 1.165) is 47.4 Å². The van der Waals surface area contributed by atoms with Crippen LogP contribution in [-0.4, -0.2) is 58.9 Å². The van der Waals surface area contributed by atoms with Crippen LogP contribution in [0.25, 0.3) is 21.3 Å². The maximum atomic E-state index is 13.2. The number of rotatable bonds is 6. The fraction of sp³-hybridized carbons (Fsp3) is 0.458. The van der Waals surface area contributed by atoms with Crippen molar-refractivity contribution in [3.63, 3.8) is 0 Å². The summed E-state index contributed by atoms with van der Waals surface area (Å²) in [6.07, 6.45) is 2.89. The Kier molecular flexibility index (Phi) is 7.15. The first-order chi connectivity index (χ1) is 17.4. The van der Waals surface area contributed by atoms with Gasteiger partial charge in [0, 0.05) is 63.9 Å². The molecular weight excluding hydrogens is 500 g/mol. The van der Waals surface area contributed by atoms with E-state index in [-0.39, 0.29) is 29.8 Å². The quantitative estimate of drug-likeness (QED) is 0.250. The Morgan fingerprint density at radius 1 is 1.28 bits per heavy atom. The summed E-state index contributed by atoms with van der Waals surface area (Å²) in [6.45, 7) is 2.09. The summed E-state index contributed by atoms with van der Waals surface area (Å²) in [5.74, 6) is -0.341. The molecule has 2 amide bonds. The van der Waals surface area contributed by atoms with Gasteiger partial charge >= 0.3 is 0 Å². The van der Waals surface area contributed by atoms with Crippen LogP contribution in [-0.2, 0) is 13.0 Å². The molecule has 0 bridgehead atoms. The van der Waals surface area contributed by atoms with Crippen LogP contribution >= 0.6 is 22.9 Å². The number of aromatic nitrogens is 2. The minimum atomic E-state index is -0.309. The number of benzene rings is 1. The van der Waals surface area contributed by atoms with E-state index in [9.17, 15) is 9.59 Å². The fourth-order valence-corrected chi connectivity index (χ4v) is 6.30. The van der Waals surface area contributed by atoms with Crippen molar-refractivity contribution in [1.29, 1.82) is 0 Å². The molecule has 1 fully saturated rings. The number of likely N-dealkylation sites (N-methyl/N-ethyl adjacent to an activating group) is 1. The third-order valence-corrected chi connectivity index (χ3v) is 8.25. The predicted molar refractivity (Wildman–Crippen MR) is 139 cm³/mol. The van der Waals surface area contributed by atoms with Crippen molar-refractivity contribution in [3.05, 3.63) is 61.0 Å². The number of carbonyl (C=O) groups excluding carboxylic acids is 2. The molecule has 3 atom stereocenters. The Hall–Kier alpha value is -3.11. The maximum absolute atomic E-state index is 13.2. The molecule has 5 rings (SSSR count). The number of nitrogens with zero attached hydrogens (tertiary/aromatic N) is 5. The normalized spacial score (nSPS) is 22.0. The Labute approximate surface area is 217 Å². The number of hydrogen-bond donors (Lipinski definition) is 3. The van der Waals surface area contributed by atoms with Crippen molar-refractivity contribution in [2.75, 3.05) is 20.1 Å². The molecule has 1 aromatic carbocycles. The zero-order chi connectivity index (χ0) is 25.2. The number of aromatic amines is 1. The van der Waals surface area contributed by atoms with Gasteiger partial charge in [-0.1, -0.05) is 16.7 Å². The van der Waals surface area contributed by atoms with Crippen LogP contribution in [0.2, 0.25) is 5.02 Å². The molecule has 12 heteroatoms. The molecule has 1 saturated carbocycles. The number of fused-ring (bicyclic) bond motifs is 2. The van der Waals surface area contributed by atoms with E-state index < -0.39 is 0 Å². The van der Waals surface area contributed by atoms with Crippen LogP contribution < -0.4 is 10.6 Å². The van der Waals surface area contributed by atoms with Gasteiger partial charge in [-0.25, -0.2) is 4.98 Å². The molecule has 36 heavy (non-hydrogen) atoms. The van der Waals surface area contributed by atoms with Crippen molar-refractivity contribution in [2.45, 2.75) is 44.3 Å². The molecule has 1 aliphatic heterocycles. The number of halogens is 1. The lowest BCUT2D eigenvalue weighted by molar-refractivity contribution is 0.0843. The highest BCUT2D eigenvalue weighted by Crippen LogP contribution is 2.28. The lowest BCUT2D eigenvalue weighted by Crippen LogP contribution is -2.54. The van der Waals surface area contributed by atoms with E-state index in [1.54, 1.807) is 18.2 Å². The summed E-state index contributed by atoms with van der Waals surface area (Å²) in [6, 6.07) is 6.61. The van der Waals surface area contributed by atoms with Gasteiger partial charge in [0.1, 0.15) is 5.69 Å². The number of carbonyl (C=O) groups is 2. The average Bonchev–Trinajstić information content (AvgIpc) is 3.47. The molecule has 2 aromatic heterocycles. The molecule has 2 aliphatic rings. The van der Waals surface area contributed by atoms with E-state index >= 15 is 0 Å². The minimum absolute atomic E-state index is 0.132. The Morgan fingerprint density at radius 2 is 2.11 bits per heavy atom. The van der Waals surface area contributed by atoms with Crippen LogP contribution in [0.5, 0.6) is 0 Å². The summed E-state index contributed by atoms with van der Waals surface area (Å²) < 4.78 is 0. The molecule has 0 radical (unpaired) electrons. The summed E-state index contributed by atoms with van der Waals surface area (Å²) in [5, 5.41) is 11.9. The van der Waals surface area contributed by atoms with Crippen molar-refractivity contribution in [3.8, 4) is 0 Å². The van der Waals surface area contributed by atoms with E-state index in [2.05, 4.69) is 42.6 Å². The summed E-state index contributed by atoms with van der Waals surface area (Å²) in [4.78, 5) is 40.3. The summed E-state index contributed by atoms with van der Waals surface area (Å²) in [7, 11) is 2.06. The lowest BCUT2D eigenvalue weighted by Gasteiger charge is -2.36. The first-order valence-corrected chi connectivity index (χ1v) is 13.2. The third-order valence-electron chi connectivity index (χ3n) is 6.94. The standard InChI is InChI=1S/C24H27ClN8O2S/c1-33-7-6-18-21(12-33)36-24(31-18)23(35)30-19-8-13(11-27-32-26)2-4-17(19)29-22(34)20-10-14-9-15(25)3-5-16(14)28-20/h3,5,9-10,13,17,19,28H,2,4,6-8,11-12H2,1H3,(H,29,34)(H,30,35)/t13-,17-,19+/m1/s1. The molecule has 0 unspecified atom stereocenters. The van der Waals surface area contributed by atoms with Gasteiger partial charge in [0.2, 0.25) is 0 Å². The number of hydrogen-bond acceptors (Lipinski definition) is 6. The number of nitrogens with one attached hydrogen (secondary N) is 3. The van der Waals surface area contributed by atoms with Gasteiger partial charge in [-0.3, -0.25) is 9.59 Å². The topological polar surface area (TPSA) is 139 Å². The van der Waals surface area contributed by atoms with Crippen LogP contribution in [0.3, 0.4) is 0 Å². The molecule has 3 heterocycles. The Bertz CT molecular complexity index is 1350. The molecule has 0 spiro atoms. The van der Waals surface area contributed by atoms with E-state index in [4.69, 9.17) is 17.1 Å². The molecule has 3 aromatic rings. The van der Waals surface area contributed by atoms with Crippen molar-refractivity contribution in [2.24, 2.45) is 11.0 Å². The average molecular weight is 527 g/mol. The molecule has 3 N–H and O–H groups in total. The second-order valence-corrected chi connectivity index (χ2v) is 11.1. The third kappa shape index (κ3) is 5.34.